The minimum absolute atomic E-state index is 0.134. The molecule has 0 aromatic heterocycles. The van der Waals surface area contributed by atoms with Gasteiger partial charge in [0.15, 0.2) is 0 Å². The summed E-state index contributed by atoms with van der Waals surface area (Å²) in [6, 6.07) is -0.0812. The van der Waals surface area contributed by atoms with Crippen LogP contribution in [0.1, 0.15) is 27.2 Å². The van der Waals surface area contributed by atoms with E-state index in [1.54, 1.807) is 6.08 Å². The van der Waals surface area contributed by atoms with Gasteiger partial charge in [-0.05, 0) is 20.3 Å². The van der Waals surface area contributed by atoms with Crippen LogP contribution in [0.3, 0.4) is 0 Å². The molecule has 0 saturated carbocycles. The maximum absolute atomic E-state index is 11.3. The Labute approximate surface area is 80.2 Å². The van der Waals surface area contributed by atoms with E-state index < -0.39 is 0 Å². The smallest absolute Gasteiger partial charge is 0.323 e. The highest BCUT2D eigenvalue weighted by molar-refractivity contribution is 5.75. The Morgan fingerprint density at radius 3 is 2.62 bits per heavy atom. The summed E-state index contributed by atoms with van der Waals surface area (Å²) in [5, 5.41) is 3.11. The second kappa shape index (κ2) is 6.66. The Balaban J connectivity index is 4.01. The standard InChI is InChI=1S/C10H19NO2/c1-5-8(4)11-9(6-2)10(12)13-7-3/h5,8-9,11H,1,6-7H2,2-4H3. The monoisotopic (exact) mass is 185 g/mol. The Kier molecular flexibility index (Phi) is 6.24. The van der Waals surface area contributed by atoms with E-state index in [-0.39, 0.29) is 18.1 Å². The predicted octanol–water partition coefficient (Wildman–Crippen LogP) is 1.49. The van der Waals surface area contributed by atoms with E-state index in [1.807, 2.05) is 20.8 Å². The van der Waals surface area contributed by atoms with Gasteiger partial charge in [0.2, 0.25) is 0 Å². The van der Waals surface area contributed by atoms with Crippen molar-refractivity contribution in [3.05, 3.63) is 12.7 Å². The first-order valence-electron chi connectivity index (χ1n) is 4.70. The first kappa shape index (κ1) is 12.2. The zero-order valence-electron chi connectivity index (χ0n) is 8.67. The number of esters is 1. The molecule has 13 heavy (non-hydrogen) atoms. The van der Waals surface area contributed by atoms with Crippen LogP contribution in [-0.2, 0) is 9.53 Å². The molecule has 0 aromatic rings. The van der Waals surface area contributed by atoms with Gasteiger partial charge >= 0.3 is 5.97 Å². The van der Waals surface area contributed by atoms with E-state index >= 15 is 0 Å². The van der Waals surface area contributed by atoms with Gasteiger partial charge in [-0.2, -0.15) is 0 Å². The largest absolute Gasteiger partial charge is 0.465 e. The van der Waals surface area contributed by atoms with E-state index in [4.69, 9.17) is 4.74 Å². The normalized spacial score (nSPS) is 14.7. The van der Waals surface area contributed by atoms with Crippen LogP contribution in [0.4, 0.5) is 0 Å². The van der Waals surface area contributed by atoms with E-state index in [2.05, 4.69) is 11.9 Å². The highest BCUT2D eigenvalue weighted by atomic mass is 16.5. The molecule has 0 spiro atoms. The lowest BCUT2D eigenvalue weighted by atomic mass is 10.2. The zero-order valence-corrected chi connectivity index (χ0v) is 8.67. The number of rotatable bonds is 6. The molecule has 3 nitrogen and oxygen atoms in total. The van der Waals surface area contributed by atoms with Crippen molar-refractivity contribution in [2.24, 2.45) is 0 Å². The van der Waals surface area contributed by atoms with Crippen LogP contribution in [0.5, 0.6) is 0 Å². The lowest BCUT2D eigenvalue weighted by Crippen LogP contribution is -2.41. The molecular formula is C10H19NO2. The molecular weight excluding hydrogens is 166 g/mol. The Morgan fingerprint density at radius 1 is 1.62 bits per heavy atom. The van der Waals surface area contributed by atoms with E-state index in [1.165, 1.54) is 0 Å². The van der Waals surface area contributed by atoms with Crippen molar-refractivity contribution in [3.8, 4) is 0 Å². The van der Waals surface area contributed by atoms with Gasteiger partial charge in [0.25, 0.3) is 0 Å². The number of carbonyl (C=O) groups excluding carboxylic acids is 1. The van der Waals surface area contributed by atoms with Gasteiger partial charge in [0, 0.05) is 6.04 Å². The molecule has 0 aliphatic rings. The second-order valence-electron chi connectivity index (χ2n) is 2.90. The fourth-order valence-corrected chi connectivity index (χ4v) is 0.981. The average molecular weight is 185 g/mol. The molecule has 2 atom stereocenters. The summed E-state index contributed by atoms with van der Waals surface area (Å²) < 4.78 is 4.90. The molecule has 0 rings (SSSR count). The summed E-state index contributed by atoms with van der Waals surface area (Å²) in [6.07, 6.45) is 2.50. The molecule has 0 aliphatic carbocycles. The van der Waals surface area contributed by atoms with Crippen LogP contribution >= 0.6 is 0 Å². The molecule has 0 aliphatic heterocycles. The summed E-state index contributed by atoms with van der Waals surface area (Å²) in [7, 11) is 0. The molecule has 0 bridgehead atoms. The third-order valence-corrected chi connectivity index (χ3v) is 1.80. The third-order valence-electron chi connectivity index (χ3n) is 1.80. The number of hydrogen-bond acceptors (Lipinski definition) is 3. The van der Waals surface area contributed by atoms with Crippen LogP contribution in [0.15, 0.2) is 12.7 Å². The third kappa shape index (κ3) is 4.68. The summed E-state index contributed by atoms with van der Waals surface area (Å²) in [4.78, 5) is 11.3. The molecule has 76 valence electrons. The van der Waals surface area contributed by atoms with Crippen LogP contribution in [0, 0.1) is 0 Å². The van der Waals surface area contributed by atoms with Gasteiger partial charge in [-0.15, -0.1) is 6.58 Å². The summed E-state index contributed by atoms with van der Waals surface area (Å²) in [5.41, 5.74) is 0. The minimum Gasteiger partial charge on any atom is -0.465 e. The minimum atomic E-state index is -0.215. The topological polar surface area (TPSA) is 38.3 Å². The van der Waals surface area contributed by atoms with Gasteiger partial charge < -0.3 is 4.74 Å². The highest BCUT2D eigenvalue weighted by Crippen LogP contribution is 1.97. The molecule has 0 aromatic carbocycles. The SMILES string of the molecule is C=CC(C)NC(CC)C(=O)OCC. The van der Waals surface area contributed by atoms with Crippen LogP contribution in [0.2, 0.25) is 0 Å². The van der Waals surface area contributed by atoms with Crippen molar-refractivity contribution < 1.29 is 9.53 Å². The van der Waals surface area contributed by atoms with Gasteiger partial charge in [-0.3, -0.25) is 10.1 Å². The molecule has 0 fully saturated rings. The molecule has 0 amide bonds. The Hall–Kier alpha value is -0.830. The average Bonchev–Trinajstić information content (AvgIpc) is 2.14. The number of ether oxygens (including phenoxy) is 1. The molecule has 0 heterocycles. The maximum Gasteiger partial charge on any atom is 0.323 e. The van der Waals surface area contributed by atoms with Crippen molar-refractivity contribution in [2.45, 2.75) is 39.3 Å². The van der Waals surface area contributed by atoms with Crippen molar-refractivity contribution in [3.63, 3.8) is 0 Å². The lowest BCUT2D eigenvalue weighted by molar-refractivity contribution is -0.145. The van der Waals surface area contributed by atoms with Crippen LogP contribution in [-0.4, -0.2) is 24.7 Å². The van der Waals surface area contributed by atoms with E-state index in [0.29, 0.717) is 6.61 Å². The van der Waals surface area contributed by atoms with Crippen molar-refractivity contribution >= 4 is 5.97 Å². The summed E-state index contributed by atoms with van der Waals surface area (Å²) in [6.45, 7) is 9.78. The summed E-state index contributed by atoms with van der Waals surface area (Å²) >= 11 is 0. The number of hydrogen-bond donors (Lipinski definition) is 1. The summed E-state index contributed by atoms with van der Waals surface area (Å²) in [5.74, 6) is -0.182. The fourth-order valence-electron chi connectivity index (χ4n) is 0.981. The van der Waals surface area contributed by atoms with Crippen molar-refractivity contribution in [2.75, 3.05) is 6.61 Å². The maximum atomic E-state index is 11.3. The second-order valence-corrected chi connectivity index (χ2v) is 2.90. The van der Waals surface area contributed by atoms with Gasteiger partial charge in [-0.25, -0.2) is 0 Å². The van der Waals surface area contributed by atoms with Gasteiger partial charge in [0.1, 0.15) is 6.04 Å². The lowest BCUT2D eigenvalue weighted by Gasteiger charge is -2.18. The molecule has 1 N–H and O–H groups in total. The number of carbonyl (C=O) groups is 1. The van der Waals surface area contributed by atoms with Crippen LogP contribution in [0.25, 0.3) is 0 Å². The van der Waals surface area contributed by atoms with Crippen LogP contribution < -0.4 is 5.32 Å². The van der Waals surface area contributed by atoms with E-state index in [0.717, 1.165) is 6.42 Å². The fraction of sp³-hybridized carbons (Fsp3) is 0.700. The molecule has 2 unspecified atom stereocenters. The molecule has 0 saturated heterocycles. The first-order chi connectivity index (χ1) is 6.15. The molecule has 3 heteroatoms. The predicted molar refractivity (Wildman–Crippen MR) is 53.5 cm³/mol. The first-order valence-corrected chi connectivity index (χ1v) is 4.70. The Morgan fingerprint density at radius 2 is 2.23 bits per heavy atom. The van der Waals surface area contributed by atoms with Crippen molar-refractivity contribution in [1.82, 2.24) is 5.32 Å². The zero-order chi connectivity index (χ0) is 10.3. The van der Waals surface area contributed by atoms with E-state index in [9.17, 15) is 4.79 Å². The quantitative estimate of drug-likeness (QED) is 0.503. The van der Waals surface area contributed by atoms with Gasteiger partial charge in [0.05, 0.1) is 6.61 Å². The highest BCUT2D eigenvalue weighted by Gasteiger charge is 2.17. The molecule has 0 radical (unpaired) electrons. The Bertz CT molecular complexity index is 168. The number of nitrogens with one attached hydrogen (secondary N) is 1. The van der Waals surface area contributed by atoms with Crippen molar-refractivity contribution in [1.29, 1.82) is 0 Å². The van der Waals surface area contributed by atoms with Gasteiger partial charge in [-0.1, -0.05) is 13.0 Å².